The Morgan fingerprint density at radius 3 is 2.92 bits per heavy atom. The van der Waals surface area contributed by atoms with Crippen molar-refractivity contribution >= 4 is 28.4 Å². The van der Waals surface area contributed by atoms with Crippen LogP contribution in [0.3, 0.4) is 0 Å². The lowest BCUT2D eigenvalue weighted by atomic mass is 10.1. The largest absolute Gasteiger partial charge is 0.388 e. The zero-order valence-electron chi connectivity index (χ0n) is 19.6. The molecule has 0 spiro atoms. The molecule has 6 heterocycles. The van der Waals surface area contributed by atoms with Gasteiger partial charge in [0.2, 0.25) is 0 Å². The Kier molecular flexibility index (Phi) is 5.78. The van der Waals surface area contributed by atoms with Gasteiger partial charge in [0.05, 0.1) is 49.9 Å². The van der Waals surface area contributed by atoms with Gasteiger partial charge in [0.1, 0.15) is 23.2 Å². The van der Waals surface area contributed by atoms with Crippen molar-refractivity contribution in [1.82, 2.24) is 29.5 Å². The van der Waals surface area contributed by atoms with Gasteiger partial charge in [-0.1, -0.05) is 0 Å². The second-order valence-corrected chi connectivity index (χ2v) is 9.03. The molecule has 188 valence electrons. The van der Waals surface area contributed by atoms with Crippen molar-refractivity contribution in [2.24, 2.45) is 0 Å². The molecular formula is C24H26FN7O4. The van der Waals surface area contributed by atoms with E-state index in [9.17, 15) is 14.3 Å². The molecule has 4 atom stereocenters. The molecule has 2 aliphatic rings. The van der Waals surface area contributed by atoms with Crippen LogP contribution < -0.4 is 10.6 Å². The number of aliphatic hydroxyl groups is 1. The van der Waals surface area contributed by atoms with E-state index in [4.69, 9.17) is 14.5 Å². The van der Waals surface area contributed by atoms with Crippen molar-refractivity contribution in [2.45, 2.75) is 30.8 Å². The monoisotopic (exact) mass is 495 g/mol. The third-order valence-electron chi connectivity index (χ3n) is 6.81. The van der Waals surface area contributed by atoms with Crippen LogP contribution in [0.25, 0.3) is 27.9 Å². The number of nitrogens with zero attached hydrogens (tertiary/aromatic N) is 5. The second kappa shape index (κ2) is 9.12. The van der Waals surface area contributed by atoms with Crippen molar-refractivity contribution in [3.8, 4) is 11.3 Å². The van der Waals surface area contributed by atoms with E-state index in [1.54, 1.807) is 17.8 Å². The van der Waals surface area contributed by atoms with E-state index in [-0.39, 0.29) is 25.4 Å². The van der Waals surface area contributed by atoms with E-state index < -0.39 is 30.3 Å². The van der Waals surface area contributed by atoms with Gasteiger partial charge in [-0.15, -0.1) is 0 Å². The Hall–Kier alpha value is -3.61. The smallest absolute Gasteiger partial charge is 0.257 e. The van der Waals surface area contributed by atoms with Gasteiger partial charge in [-0.05, 0) is 18.6 Å². The normalized spacial score (nSPS) is 24.4. The number of carbonyl (C=O) groups is 1. The molecule has 4 aromatic heterocycles. The number of nitrogens with one attached hydrogen (secondary N) is 2. The first kappa shape index (κ1) is 22.8. The number of carbonyl (C=O) groups excluding carboxylic acids is 1. The van der Waals surface area contributed by atoms with Crippen molar-refractivity contribution in [3.63, 3.8) is 0 Å². The third-order valence-corrected chi connectivity index (χ3v) is 6.81. The van der Waals surface area contributed by atoms with Crippen molar-refractivity contribution in [1.29, 1.82) is 0 Å². The number of fused-ring (bicyclic) bond motifs is 2. The summed E-state index contributed by atoms with van der Waals surface area (Å²) in [6.07, 6.45) is 3.64. The Labute approximate surface area is 205 Å². The number of hydrogen-bond donors (Lipinski definition) is 3. The molecule has 0 aliphatic carbocycles. The predicted octanol–water partition coefficient (Wildman–Crippen LogP) is 1.58. The topological polar surface area (TPSA) is 128 Å². The van der Waals surface area contributed by atoms with E-state index in [1.165, 1.54) is 6.20 Å². The SMILES string of the molecule is CNc1cc(-c2cn([C@@H]3CCOC[C@@H]3F)c3ncccc23)nc2c(C(=O)NC3COC[C@@H]3O)cnn12. The number of aromatic nitrogens is 5. The number of halogens is 1. The molecule has 1 amide bonds. The van der Waals surface area contributed by atoms with Gasteiger partial charge >= 0.3 is 0 Å². The standard InChI is InChI=1S/C24H26FN7O4/c1-26-21-7-17(29-23-14(8-28-32(21)23)24(34)30-18-11-36-12-20(18)33)15-9-31(19-4-6-35-10-16(19)25)22-13(15)3-2-5-27-22/h2-3,5,7-9,16,18-20,26,33H,4,6,10-12H2,1H3,(H,30,34)/t16-,18?,19+,20-/m0/s1. The van der Waals surface area contributed by atoms with Crippen LogP contribution in [0.2, 0.25) is 0 Å². The molecule has 0 radical (unpaired) electrons. The van der Waals surface area contributed by atoms with Crippen molar-refractivity contribution in [2.75, 3.05) is 38.8 Å². The van der Waals surface area contributed by atoms with Gasteiger partial charge in [0.15, 0.2) is 5.65 Å². The molecule has 0 bridgehead atoms. The van der Waals surface area contributed by atoms with Crippen molar-refractivity contribution < 1.29 is 23.8 Å². The number of alkyl halides is 1. The van der Waals surface area contributed by atoms with Crippen molar-refractivity contribution in [3.05, 3.63) is 42.4 Å². The highest BCUT2D eigenvalue weighted by Crippen LogP contribution is 2.35. The first-order valence-corrected chi connectivity index (χ1v) is 11.9. The van der Waals surface area contributed by atoms with E-state index >= 15 is 0 Å². The number of ether oxygens (including phenoxy) is 2. The predicted molar refractivity (Wildman–Crippen MR) is 129 cm³/mol. The minimum atomic E-state index is -1.15. The molecule has 4 aromatic rings. The maximum absolute atomic E-state index is 14.8. The number of hydrogen-bond acceptors (Lipinski definition) is 8. The fourth-order valence-electron chi connectivity index (χ4n) is 4.91. The Balaban J connectivity index is 1.46. The van der Waals surface area contributed by atoms with E-state index in [0.717, 1.165) is 10.9 Å². The summed E-state index contributed by atoms with van der Waals surface area (Å²) in [7, 11) is 1.76. The number of rotatable bonds is 5. The van der Waals surface area contributed by atoms with Crippen LogP contribution in [-0.2, 0) is 9.47 Å². The van der Waals surface area contributed by atoms with Crippen LogP contribution in [0.4, 0.5) is 10.2 Å². The highest BCUT2D eigenvalue weighted by molar-refractivity contribution is 6.01. The van der Waals surface area contributed by atoms with E-state index in [0.29, 0.717) is 35.8 Å². The second-order valence-electron chi connectivity index (χ2n) is 9.03. The number of anilines is 1. The average Bonchev–Trinajstić information content (AvgIpc) is 3.61. The molecule has 36 heavy (non-hydrogen) atoms. The molecule has 12 heteroatoms. The molecule has 2 saturated heterocycles. The minimum absolute atomic E-state index is 0.0512. The maximum atomic E-state index is 14.8. The summed E-state index contributed by atoms with van der Waals surface area (Å²) in [5, 5.41) is 21.1. The Morgan fingerprint density at radius 1 is 1.25 bits per heavy atom. The zero-order chi connectivity index (χ0) is 24.8. The first-order chi connectivity index (χ1) is 17.5. The maximum Gasteiger partial charge on any atom is 0.257 e. The summed E-state index contributed by atoms with van der Waals surface area (Å²) in [6, 6.07) is 4.69. The summed E-state index contributed by atoms with van der Waals surface area (Å²) in [5.41, 5.74) is 2.63. The van der Waals surface area contributed by atoms with Gasteiger partial charge in [-0.25, -0.2) is 14.4 Å². The number of pyridine rings is 1. The Morgan fingerprint density at radius 2 is 2.14 bits per heavy atom. The lowest BCUT2D eigenvalue weighted by molar-refractivity contribution is 0.00443. The fourth-order valence-corrected chi connectivity index (χ4v) is 4.91. The zero-order valence-corrected chi connectivity index (χ0v) is 19.6. The number of aliphatic hydroxyl groups excluding tert-OH is 1. The van der Waals surface area contributed by atoms with Gasteiger partial charge in [0.25, 0.3) is 5.91 Å². The molecule has 2 fully saturated rings. The average molecular weight is 496 g/mol. The van der Waals surface area contributed by atoms with Crippen LogP contribution in [0.5, 0.6) is 0 Å². The summed E-state index contributed by atoms with van der Waals surface area (Å²) < 4.78 is 28.8. The summed E-state index contributed by atoms with van der Waals surface area (Å²) in [4.78, 5) is 22.4. The molecule has 6 rings (SSSR count). The van der Waals surface area contributed by atoms with E-state index in [1.807, 2.05) is 29.0 Å². The molecule has 2 aliphatic heterocycles. The van der Waals surface area contributed by atoms with Gasteiger partial charge < -0.3 is 29.8 Å². The van der Waals surface area contributed by atoms with Crippen LogP contribution in [-0.4, -0.2) is 87.0 Å². The van der Waals surface area contributed by atoms with Gasteiger partial charge in [-0.3, -0.25) is 4.79 Å². The van der Waals surface area contributed by atoms with Gasteiger partial charge in [-0.2, -0.15) is 9.61 Å². The molecule has 3 N–H and O–H groups in total. The third kappa shape index (κ3) is 3.77. The molecule has 0 aromatic carbocycles. The quantitative estimate of drug-likeness (QED) is 0.381. The summed E-state index contributed by atoms with van der Waals surface area (Å²) in [5.74, 6) is 0.218. The van der Waals surface area contributed by atoms with Gasteiger partial charge in [0, 0.05) is 43.1 Å². The highest BCUT2D eigenvalue weighted by atomic mass is 19.1. The lowest BCUT2D eigenvalue weighted by Crippen LogP contribution is -2.42. The molecule has 11 nitrogen and oxygen atoms in total. The first-order valence-electron chi connectivity index (χ1n) is 11.9. The lowest BCUT2D eigenvalue weighted by Gasteiger charge is -2.27. The van der Waals surface area contributed by atoms with Crippen LogP contribution in [0.1, 0.15) is 22.8 Å². The molecule has 0 saturated carbocycles. The highest BCUT2D eigenvalue weighted by Gasteiger charge is 2.31. The summed E-state index contributed by atoms with van der Waals surface area (Å²) >= 11 is 0. The Bertz CT molecular complexity index is 1440. The molecular weight excluding hydrogens is 469 g/mol. The van der Waals surface area contributed by atoms with Crippen LogP contribution in [0, 0.1) is 0 Å². The fraction of sp³-hybridized carbons (Fsp3) is 0.417. The summed E-state index contributed by atoms with van der Waals surface area (Å²) in [6.45, 7) is 0.948. The number of amides is 1. The molecule has 1 unspecified atom stereocenters. The van der Waals surface area contributed by atoms with Crippen LogP contribution >= 0.6 is 0 Å². The van der Waals surface area contributed by atoms with Crippen LogP contribution in [0.15, 0.2) is 36.8 Å². The minimum Gasteiger partial charge on any atom is -0.388 e. The van der Waals surface area contributed by atoms with E-state index in [2.05, 4.69) is 20.7 Å².